The summed E-state index contributed by atoms with van der Waals surface area (Å²) in [6.07, 6.45) is -5.99. The van der Waals surface area contributed by atoms with Gasteiger partial charge < -0.3 is 4.74 Å². The number of carbonyl (C=O) groups excluding carboxylic acids is 1. The summed E-state index contributed by atoms with van der Waals surface area (Å²) in [6, 6.07) is 3.66. The third-order valence-electron chi connectivity index (χ3n) is 1.53. The molecule has 1 N–H and O–H groups in total. The van der Waals surface area contributed by atoms with Crippen molar-refractivity contribution in [2.75, 3.05) is 11.9 Å². The van der Waals surface area contributed by atoms with Crippen LogP contribution in [-0.4, -0.2) is 18.9 Å². The van der Waals surface area contributed by atoms with Crippen LogP contribution in [0.4, 0.5) is 28.0 Å². The van der Waals surface area contributed by atoms with Gasteiger partial charge in [-0.2, -0.15) is 13.2 Å². The minimum atomic E-state index is -4.62. The Morgan fingerprint density at radius 3 is 2.59 bits per heavy atom. The maximum atomic E-state index is 13.2. The van der Waals surface area contributed by atoms with Crippen LogP contribution in [0.1, 0.15) is 0 Å². The van der Waals surface area contributed by atoms with Gasteiger partial charge in [0, 0.05) is 4.47 Å². The molecule has 0 aliphatic heterocycles. The van der Waals surface area contributed by atoms with E-state index in [1.165, 1.54) is 12.1 Å². The number of rotatable bonds is 2. The van der Waals surface area contributed by atoms with E-state index in [0.29, 0.717) is 4.47 Å². The first-order chi connectivity index (χ1) is 7.78. The Bertz CT molecular complexity index is 422. The number of halogens is 5. The molecule has 0 saturated heterocycles. The number of anilines is 1. The molecule has 0 radical (unpaired) electrons. The maximum Gasteiger partial charge on any atom is 0.422 e. The lowest BCUT2D eigenvalue weighted by atomic mass is 10.3. The summed E-state index contributed by atoms with van der Waals surface area (Å²) in [5, 5.41) is 1.85. The van der Waals surface area contributed by atoms with Crippen molar-refractivity contribution >= 4 is 27.7 Å². The van der Waals surface area contributed by atoms with Crippen LogP contribution < -0.4 is 5.32 Å². The molecule has 94 valence electrons. The molecule has 1 amide bonds. The second kappa shape index (κ2) is 5.35. The fourth-order valence-corrected chi connectivity index (χ4v) is 1.22. The highest BCUT2D eigenvalue weighted by Crippen LogP contribution is 2.20. The van der Waals surface area contributed by atoms with E-state index in [-0.39, 0.29) is 5.69 Å². The van der Waals surface area contributed by atoms with Crippen molar-refractivity contribution in [3.63, 3.8) is 0 Å². The third kappa shape index (κ3) is 5.03. The van der Waals surface area contributed by atoms with Crippen LogP contribution >= 0.6 is 15.9 Å². The van der Waals surface area contributed by atoms with Gasteiger partial charge in [0.15, 0.2) is 6.61 Å². The molecule has 1 rings (SSSR count). The molecule has 0 saturated carbocycles. The van der Waals surface area contributed by atoms with Gasteiger partial charge in [0.1, 0.15) is 5.82 Å². The van der Waals surface area contributed by atoms with Crippen LogP contribution in [0.25, 0.3) is 0 Å². The van der Waals surface area contributed by atoms with Crippen LogP contribution in [0, 0.1) is 5.82 Å². The predicted octanol–water partition coefficient (Wildman–Crippen LogP) is 3.70. The predicted molar refractivity (Wildman–Crippen MR) is 55.1 cm³/mol. The number of hydrogen-bond acceptors (Lipinski definition) is 2. The Morgan fingerprint density at radius 2 is 2.06 bits per heavy atom. The molecular formula is C9H6BrF4NO2. The summed E-state index contributed by atoms with van der Waals surface area (Å²) in [5.41, 5.74) is -0.264. The van der Waals surface area contributed by atoms with Crippen LogP contribution in [0.5, 0.6) is 0 Å². The first-order valence-electron chi connectivity index (χ1n) is 4.23. The normalized spacial score (nSPS) is 11.1. The lowest BCUT2D eigenvalue weighted by molar-refractivity contribution is -0.159. The van der Waals surface area contributed by atoms with Gasteiger partial charge >= 0.3 is 12.3 Å². The number of ether oxygens (including phenoxy) is 1. The van der Waals surface area contributed by atoms with Crippen LogP contribution in [-0.2, 0) is 4.74 Å². The highest BCUT2D eigenvalue weighted by atomic mass is 79.9. The average Bonchev–Trinajstić information content (AvgIpc) is 2.18. The van der Waals surface area contributed by atoms with E-state index < -0.39 is 24.7 Å². The molecular weight excluding hydrogens is 310 g/mol. The van der Waals surface area contributed by atoms with Gasteiger partial charge in [-0.3, -0.25) is 5.32 Å². The Balaban J connectivity index is 2.57. The second-order valence-electron chi connectivity index (χ2n) is 2.94. The zero-order valence-corrected chi connectivity index (χ0v) is 9.73. The third-order valence-corrected chi connectivity index (χ3v) is 2.03. The Morgan fingerprint density at radius 1 is 1.41 bits per heavy atom. The van der Waals surface area contributed by atoms with Crippen molar-refractivity contribution in [2.45, 2.75) is 6.18 Å². The number of benzene rings is 1. The van der Waals surface area contributed by atoms with Gasteiger partial charge in [-0.05, 0) is 18.2 Å². The van der Waals surface area contributed by atoms with Crippen LogP contribution in [0.3, 0.4) is 0 Å². The summed E-state index contributed by atoms with van der Waals surface area (Å²) < 4.78 is 52.5. The van der Waals surface area contributed by atoms with Gasteiger partial charge in [-0.25, -0.2) is 9.18 Å². The van der Waals surface area contributed by atoms with Crippen LogP contribution in [0.15, 0.2) is 22.7 Å². The highest BCUT2D eigenvalue weighted by molar-refractivity contribution is 9.10. The number of alkyl halides is 3. The van der Waals surface area contributed by atoms with E-state index in [1.807, 2.05) is 5.32 Å². The molecule has 0 aromatic heterocycles. The van der Waals surface area contributed by atoms with Crippen LogP contribution in [0.2, 0.25) is 0 Å². The topological polar surface area (TPSA) is 38.3 Å². The van der Waals surface area contributed by atoms with Crippen molar-refractivity contribution in [3.8, 4) is 0 Å². The largest absolute Gasteiger partial charge is 0.440 e. The van der Waals surface area contributed by atoms with Gasteiger partial charge in [0.2, 0.25) is 0 Å². The molecule has 0 unspecified atom stereocenters. The van der Waals surface area contributed by atoms with Crippen molar-refractivity contribution in [1.82, 2.24) is 0 Å². The summed E-state index contributed by atoms with van der Waals surface area (Å²) in [6.45, 7) is -1.73. The molecule has 0 fully saturated rings. The molecule has 0 spiro atoms. The number of carbonyl (C=O) groups is 1. The van der Waals surface area contributed by atoms with Crippen molar-refractivity contribution in [1.29, 1.82) is 0 Å². The van der Waals surface area contributed by atoms with E-state index in [2.05, 4.69) is 20.7 Å². The molecule has 1 aromatic rings. The first kappa shape index (κ1) is 13.8. The zero-order chi connectivity index (χ0) is 13.1. The Labute approximate surface area is 102 Å². The fourth-order valence-electron chi connectivity index (χ4n) is 0.884. The molecule has 0 aliphatic rings. The lowest BCUT2D eigenvalue weighted by Gasteiger charge is -2.09. The summed E-state index contributed by atoms with van der Waals surface area (Å²) in [5.74, 6) is -0.789. The zero-order valence-electron chi connectivity index (χ0n) is 8.15. The average molecular weight is 316 g/mol. The quantitative estimate of drug-likeness (QED) is 0.845. The van der Waals surface area contributed by atoms with E-state index >= 15 is 0 Å². The summed E-state index contributed by atoms with van der Waals surface area (Å²) in [7, 11) is 0. The lowest BCUT2D eigenvalue weighted by Crippen LogP contribution is -2.23. The molecule has 0 aliphatic carbocycles. The molecule has 8 heteroatoms. The van der Waals surface area contributed by atoms with Gasteiger partial charge in [0.05, 0.1) is 5.69 Å². The van der Waals surface area contributed by atoms with Crippen molar-refractivity contribution in [3.05, 3.63) is 28.5 Å². The minimum absolute atomic E-state index is 0.264. The van der Waals surface area contributed by atoms with Gasteiger partial charge in [-0.1, -0.05) is 15.9 Å². The van der Waals surface area contributed by atoms with Gasteiger partial charge in [-0.15, -0.1) is 0 Å². The number of nitrogens with one attached hydrogen (secondary N) is 1. The van der Waals surface area contributed by atoms with E-state index in [0.717, 1.165) is 6.07 Å². The molecule has 0 heterocycles. The van der Waals surface area contributed by atoms with Gasteiger partial charge in [0.25, 0.3) is 0 Å². The molecule has 17 heavy (non-hydrogen) atoms. The first-order valence-corrected chi connectivity index (χ1v) is 5.03. The van der Waals surface area contributed by atoms with Crippen molar-refractivity contribution < 1.29 is 27.1 Å². The van der Waals surface area contributed by atoms with Crippen molar-refractivity contribution in [2.24, 2.45) is 0 Å². The Kier molecular flexibility index (Phi) is 4.33. The highest BCUT2D eigenvalue weighted by Gasteiger charge is 2.29. The molecule has 3 nitrogen and oxygen atoms in total. The number of hydrogen-bond donors (Lipinski definition) is 1. The fraction of sp³-hybridized carbons (Fsp3) is 0.222. The smallest absolute Gasteiger partial charge is 0.422 e. The second-order valence-corrected chi connectivity index (χ2v) is 3.86. The van der Waals surface area contributed by atoms with E-state index in [4.69, 9.17) is 0 Å². The Hall–Kier alpha value is -1.31. The monoisotopic (exact) mass is 315 g/mol. The molecule has 0 atom stereocenters. The molecule has 0 bridgehead atoms. The number of amides is 1. The van der Waals surface area contributed by atoms with E-state index in [9.17, 15) is 22.4 Å². The summed E-state index contributed by atoms with van der Waals surface area (Å²) >= 11 is 2.99. The standard InChI is InChI=1S/C9H6BrF4NO2/c10-5-1-2-7(6(11)3-5)15-8(16)17-4-9(12,13)14/h1-3H,4H2,(H,15,16). The maximum absolute atomic E-state index is 13.2. The minimum Gasteiger partial charge on any atom is -0.440 e. The summed E-state index contributed by atoms with van der Waals surface area (Å²) in [4.78, 5) is 10.9. The van der Waals surface area contributed by atoms with E-state index in [1.54, 1.807) is 0 Å². The SMILES string of the molecule is O=C(Nc1ccc(Br)cc1F)OCC(F)(F)F. The molecule has 1 aromatic carbocycles.